The summed E-state index contributed by atoms with van der Waals surface area (Å²) in [6.45, 7) is 15.8. The summed E-state index contributed by atoms with van der Waals surface area (Å²) in [5.74, 6) is -1.51. The lowest BCUT2D eigenvalue weighted by Gasteiger charge is -2.36. The normalized spacial score (nSPS) is 16.8. The number of unbranched alkanes of at least 4 members (excludes halogenated alkanes) is 3. The molecular formula is C56H66F14N6O2S2. The van der Waals surface area contributed by atoms with Crippen LogP contribution in [0, 0.1) is 22.5 Å². The lowest BCUT2D eigenvalue weighted by atomic mass is 9.85. The van der Waals surface area contributed by atoms with Crippen LogP contribution in [0.25, 0.3) is 0 Å². The number of likely N-dealkylation sites (tertiary alicyclic amines) is 2. The van der Waals surface area contributed by atoms with Gasteiger partial charge in [-0.25, -0.2) is 8.78 Å². The Balaban J connectivity index is 0.000000312. The summed E-state index contributed by atoms with van der Waals surface area (Å²) in [5.41, 5.74) is -6.96. The predicted octanol–water partition coefficient (Wildman–Crippen LogP) is 16.4. The average molecular weight is 1190 g/mol. The van der Waals surface area contributed by atoms with Crippen molar-refractivity contribution in [2.75, 3.05) is 23.7 Å². The summed E-state index contributed by atoms with van der Waals surface area (Å²) in [7, 11) is 0. The molecule has 4 aromatic rings. The molecule has 4 N–H and O–H groups in total. The molecule has 2 fully saturated rings. The largest absolute Gasteiger partial charge is 0.416 e. The molecule has 24 heteroatoms. The molecule has 0 unspecified atom stereocenters. The van der Waals surface area contributed by atoms with Crippen LogP contribution in [0.1, 0.15) is 152 Å². The Morgan fingerprint density at radius 2 is 0.775 bits per heavy atom. The van der Waals surface area contributed by atoms with Gasteiger partial charge in [-0.2, -0.15) is 52.7 Å². The van der Waals surface area contributed by atoms with E-state index in [0.717, 1.165) is 11.1 Å². The maximum absolute atomic E-state index is 13.6. The number of halogens is 14. The fraction of sp³-hybridized carbons (Fsp3) is 0.500. The van der Waals surface area contributed by atoms with Crippen LogP contribution in [0.3, 0.4) is 0 Å². The Morgan fingerprint density at radius 3 is 1.01 bits per heavy atom. The monoisotopic (exact) mass is 1180 g/mol. The zero-order chi connectivity index (χ0) is 60.3. The Kier molecular flexibility index (Phi) is 22.8. The van der Waals surface area contributed by atoms with Gasteiger partial charge in [-0.1, -0.05) is 105 Å². The van der Waals surface area contributed by atoms with Gasteiger partial charge in [0, 0.05) is 24.5 Å². The van der Waals surface area contributed by atoms with E-state index in [-0.39, 0.29) is 46.3 Å². The second kappa shape index (κ2) is 27.3. The van der Waals surface area contributed by atoms with Crippen molar-refractivity contribution in [2.24, 2.45) is 10.8 Å². The topological polar surface area (TPSA) is 88.7 Å². The van der Waals surface area contributed by atoms with E-state index in [0.29, 0.717) is 63.0 Å². The summed E-state index contributed by atoms with van der Waals surface area (Å²) >= 11 is 10.4. The van der Waals surface area contributed by atoms with E-state index in [1.165, 1.54) is 49.9 Å². The summed E-state index contributed by atoms with van der Waals surface area (Å²) < 4.78 is 185. The zero-order valence-electron chi connectivity index (χ0n) is 45.3. The minimum absolute atomic E-state index is 0.0199. The van der Waals surface area contributed by atoms with Gasteiger partial charge in [0.1, 0.15) is 23.7 Å². The third-order valence-electron chi connectivity index (χ3n) is 13.0. The SMILES string of the molecule is CC(C)(C)[C@@H](NC(=S)Nc1cc(C(F)(F)F)cc(C(F)(F)F)c1)C(=O)N1CCC[C@H]1c1ccc(F)cc1.CC(C)(C)[C@@H](NC(=S)Nc1cc(C(F)(F)F)cc(C(F)(F)F)c1)C(=O)N1CCC[C@H]1c1ccc(F)cc1.CCCCCC. The number of nitrogens with one attached hydrogen (secondary N) is 4. The Morgan fingerprint density at radius 1 is 0.500 bits per heavy atom. The summed E-state index contributed by atoms with van der Waals surface area (Å²) in [6, 6.07) is 11.2. The molecule has 80 heavy (non-hydrogen) atoms. The first kappa shape index (κ1) is 66.7. The molecular weight excluding hydrogens is 1120 g/mol. The molecule has 0 aliphatic carbocycles. The van der Waals surface area contributed by atoms with Gasteiger partial charge in [0.15, 0.2) is 10.2 Å². The molecule has 2 amide bonds. The van der Waals surface area contributed by atoms with Crippen LogP contribution in [-0.2, 0) is 34.3 Å². The van der Waals surface area contributed by atoms with Gasteiger partial charge in [-0.15, -0.1) is 0 Å². The van der Waals surface area contributed by atoms with E-state index < -0.39 is 92.9 Å². The highest BCUT2D eigenvalue weighted by Gasteiger charge is 2.43. The van der Waals surface area contributed by atoms with E-state index in [9.17, 15) is 71.1 Å². The third-order valence-corrected chi connectivity index (χ3v) is 13.4. The lowest BCUT2D eigenvalue weighted by molar-refractivity contribution is -0.144. The number of hydrogen-bond donors (Lipinski definition) is 4. The van der Waals surface area contributed by atoms with Crippen LogP contribution in [0.4, 0.5) is 72.8 Å². The number of rotatable bonds is 11. The van der Waals surface area contributed by atoms with Crippen molar-refractivity contribution < 1.29 is 71.1 Å². The van der Waals surface area contributed by atoms with Gasteiger partial charge in [-0.05, 0) is 133 Å². The minimum Gasteiger partial charge on any atom is -0.350 e. The highest BCUT2D eigenvalue weighted by atomic mass is 32.1. The lowest BCUT2D eigenvalue weighted by Crippen LogP contribution is -2.55. The van der Waals surface area contributed by atoms with Gasteiger partial charge in [0.2, 0.25) is 11.8 Å². The molecule has 2 heterocycles. The van der Waals surface area contributed by atoms with Gasteiger partial charge in [0.05, 0.1) is 34.3 Å². The van der Waals surface area contributed by atoms with Crippen LogP contribution in [0.2, 0.25) is 0 Å². The molecule has 2 saturated heterocycles. The van der Waals surface area contributed by atoms with E-state index in [1.54, 1.807) is 75.6 Å². The average Bonchev–Trinajstić information content (AvgIpc) is 4.04. The Labute approximate surface area is 467 Å². The number of alkyl halides is 12. The first-order valence-electron chi connectivity index (χ1n) is 25.7. The number of carbonyl (C=O) groups is 2. The first-order valence-corrected chi connectivity index (χ1v) is 26.5. The maximum Gasteiger partial charge on any atom is 0.416 e. The highest BCUT2D eigenvalue weighted by Crippen LogP contribution is 2.41. The fourth-order valence-electron chi connectivity index (χ4n) is 8.90. The molecule has 0 spiro atoms. The zero-order valence-corrected chi connectivity index (χ0v) is 46.9. The fourth-order valence-corrected chi connectivity index (χ4v) is 9.38. The molecule has 4 atom stereocenters. The number of thiocarbonyl (C=S) groups is 2. The van der Waals surface area contributed by atoms with Crippen molar-refractivity contribution in [3.05, 3.63) is 130 Å². The van der Waals surface area contributed by atoms with Crippen LogP contribution in [-0.4, -0.2) is 57.0 Å². The summed E-state index contributed by atoms with van der Waals surface area (Å²) in [6.07, 6.45) is -11.8. The molecule has 442 valence electrons. The molecule has 6 rings (SSSR count). The summed E-state index contributed by atoms with van der Waals surface area (Å²) in [4.78, 5) is 30.5. The van der Waals surface area contributed by atoms with E-state index >= 15 is 0 Å². The molecule has 0 radical (unpaired) electrons. The van der Waals surface area contributed by atoms with Gasteiger partial charge >= 0.3 is 24.7 Å². The van der Waals surface area contributed by atoms with Crippen LogP contribution >= 0.6 is 24.4 Å². The summed E-state index contributed by atoms with van der Waals surface area (Å²) in [5, 5.41) is 9.70. The van der Waals surface area contributed by atoms with E-state index in [4.69, 9.17) is 24.4 Å². The highest BCUT2D eigenvalue weighted by molar-refractivity contribution is 7.80. The molecule has 2 aliphatic heterocycles. The quantitative estimate of drug-likeness (QED) is 0.0671. The van der Waals surface area contributed by atoms with Crippen molar-refractivity contribution in [3.8, 4) is 0 Å². The number of nitrogens with zero attached hydrogens (tertiary/aromatic N) is 2. The van der Waals surface area contributed by atoms with Crippen LogP contribution in [0.15, 0.2) is 84.9 Å². The Hall–Kier alpha value is -5.78. The molecule has 0 bridgehead atoms. The van der Waals surface area contributed by atoms with Crippen molar-refractivity contribution in [3.63, 3.8) is 0 Å². The Bertz CT molecular complexity index is 2470. The van der Waals surface area contributed by atoms with Crippen LogP contribution in [0.5, 0.6) is 0 Å². The predicted molar refractivity (Wildman–Crippen MR) is 288 cm³/mol. The molecule has 0 saturated carbocycles. The second-order valence-electron chi connectivity index (χ2n) is 21.6. The van der Waals surface area contributed by atoms with E-state index in [2.05, 4.69) is 35.1 Å². The first-order chi connectivity index (χ1) is 36.8. The van der Waals surface area contributed by atoms with Crippen molar-refractivity contribution >= 4 is 57.8 Å². The molecule has 8 nitrogen and oxygen atoms in total. The van der Waals surface area contributed by atoms with E-state index in [1.807, 2.05) is 0 Å². The van der Waals surface area contributed by atoms with Crippen LogP contribution < -0.4 is 21.3 Å². The molecule has 2 aliphatic rings. The molecule has 0 aromatic heterocycles. The number of hydrogen-bond acceptors (Lipinski definition) is 4. The van der Waals surface area contributed by atoms with Gasteiger partial charge in [-0.3, -0.25) is 9.59 Å². The number of anilines is 2. The minimum atomic E-state index is -5.01. The standard InChI is InChI=1S/2C25H26F7N3OS.C6H14/c2*1-23(2,3)20(21(36)35-10-4-5-19(35)14-6-8-17(26)9-7-14)34-22(37)33-18-12-15(24(27,28)29)11-16(13-18)25(30,31)32;1-3-5-6-4-2/h2*6-9,11-13,19-20H,4-5,10H2,1-3H3,(H2,33,34,37);3-6H2,1-2H3/t2*19-,20-;/m00./s1. The number of carbonyl (C=O) groups excluding carboxylic acids is 2. The molecule has 4 aromatic carbocycles. The smallest absolute Gasteiger partial charge is 0.350 e. The number of amides is 2. The van der Waals surface area contributed by atoms with Crippen molar-refractivity contribution in [1.82, 2.24) is 20.4 Å². The van der Waals surface area contributed by atoms with Gasteiger partial charge < -0.3 is 31.1 Å². The van der Waals surface area contributed by atoms with Crippen molar-refractivity contribution in [1.29, 1.82) is 0 Å². The second-order valence-corrected chi connectivity index (χ2v) is 22.4. The maximum atomic E-state index is 13.6. The third kappa shape index (κ3) is 19.5. The van der Waals surface area contributed by atoms with Crippen molar-refractivity contribution in [2.45, 2.75) is 156 Å². The number of benzene rings is 4. The van der Waals surface area contributed by atoms with Gasteiger partial charge in [0.25, 0.3) is 0 Å².